The number of esters is 2. The van der Waals surface area contributed by atoms with Crippen LogP contribution in [0.3, 0.4) is 0 Å². The number of alkyl halides is 1. The molecule has 238 valence electrons. The molecule has 0 bridgehead atoms. The molecular formula is C27H38FN4O10P. The molecule has 0 spiro atoms. The van der Waals surface area contributed by atoms with Gasteiger partial charge in [0.05, 0.1) is 12.7 Å². The number of rotatable bonds is 13. The van der Waals surface area contributed by atoms with Crippen LogP contribution in [0.25, 0.3) is 0 Å². The van der Waals surface area contributed by atoms with Gasteiger partial charge in [-0.05, 0) is 45.7 Å². The van der Waals surface area contributed by atoms with Crippen molar-refractivity contribution in [3.8, 4) is 5.75 Å². The van der Waals surface area contributed by atoms with E-state index in [1.54, 1.807) is 45.9 Å². The van der Waals surface area contributed by atoms with Crippen LogP contribution in [0.1, 0.15) is 47.8 Å². The Labute approximate surface area is 247 Å². The number of para-hydroxylation sites is 1. The van der Waals surface area contributed by atoms with Crippen molar-refractivity contribution in [2.45, 2.75) is 83.8 Å². The maximum Gasteiger partial charge on any atom is 0.459 e. The zero-order chi connectivity index (χ0) is 32.1. The van der Waals surface area contributed by atoms with Gasteiger partial charge < -0.3 is 24.5 Å². The predicted molar refractivity (Wildman–Crippen MR) is 152 cm³/mol. The zero-order valence-corrected chi connectivity index (χ0v) is 25.6. The van der Waals surface area contributed by atoms with Crippen molar-refractivity contribution in [1.82, 2.24) is 14.6 Å². The number of halogens is 1. The van der Waals surface area contributed by atoms with E-state index in [2.05, 4.69) is 5.09 Å². The molecule has 0 amide bonds. The number of hydrogen-bond donors (Lipinski definition) is 3. The first-order valence-electron chi connectivity index (χ1n) is 13.6. The Bertz CT molecular complexity index is 1430. The molecule has 1 aromatic carbocycles. The molecule has 1 fully saturated rings. The number of carbonyl (C=O) groups excluding carboxylic acids is 2. The summed E-state index contributed by atoms with van der Waals surface area (Å²) in [7, 11) is -4.43. The minimum absolute atomic E-state index is 0.119. The van der Waals surface area contributed by atoms with Gasteiger partial charge in [0, 0.05) is 12.3 Å². The molecule has 1 saturated heterocycles. The Morgan fingerprint density at radius 3 is 2.37 bits per heavy atom. The van der Waals surface area contributed by atoms with Crippen molar-refractivity contribution in [2.24, 2.45) is 11.7 Å². The third kappa shape index (κ3) is 8.61. The second-order valence-electron chi connectivity index (χ2n) is 10.9. The summed E-state index contributed by atoms with van der Waals surface area (Å²) in [4.78, 5) is 51.4. The summed E-state index contributed by atoms with van der Waals surface area (Å²) in [5, 5.41) is 2.50. The molecule has 3 rings (SSSR count). The molecule has 1 aliphatic heterocycles. The van der Waals surface area contributed by atoms with E-state index in [4.69, 9.17) is 29.0 Å². The average molecular weight is 629 g/mol. The maximum atomic E-state index is 16.5. The van der Waals surface area contributed by atoms with Crippen LogP contribution < -0.4 is 26.6 Å². The highest BCUT2D eigenvalue weighted by Crippen LogP contribution is 2.48. The summed E-state index contributed by atoms with van der Waals surface area (Å²) in [5.74, 6) is -1.92. The first kappa shape index (κ1) is 34.1. The summed E-state index contributed by atoms with van der Waals surface area (Å²) >= 11 is 0. The zero-order valence-electron chi connectivity index (χ0n) is 24.7. The van der Waals surface area contributed by atoms with Crippen LogP contribution in [0.15, 0.2) is 52.2 Å². The molecule has 16 heteroatoms. The van der Waals surface area contributed by atoms with E-state index in [-0.39, 0.29) is 11.7 Å². The largest absolute Gasteiger partial charge is 0.462 e. The molecule has 4 N–H and O–H groups in total. The van der Waals surface area contributed by atoms with Crippen LogP contribution >= 0.6 is 7.75 Å². The smallest absolute Gasteiger partial charge is 0.459 e. The normalized spacial score (nSPS) is 24.7. The van der Waals surface area contributed by atoms with Gasteiger partial charge in [0.25, 0.3) is 5.56 Å². The second-order valence-corrected chi connectivity index (χ2v) is 12.6. The number of ether oxygens (including phenoxy) is 3. The monoisotopic (exact) mass is 628 g/mol. The van der Waals surface area contributed by atoms with Crippen molar-refractivity contribution < 1.29 is 41.8 Å². The van der Waals surface area contributed by atoms with E-state index < -0.39 is 79.8 Å². The number of hydrogen-bond acceptors (Lipinski definition) is 11. The fourth-order valence-corrected chi connectivity index (χ4v) is 5.63. The average Bonchev–Trinajstić information content (AvgIpc) is 3.16. The molecular weight excluding hydrogens is 590 g/mol. The lowest BCUT2D eigenvalue weighted by Crippen LogP contribution is -2.49. The number of aromatic nitrogens is 2. The molecule has 7 atom stereocenters. The van der Waals surface area contributed by atoms with Gasteiger partial charge >= 0.3 is 25.4 Å². The van der Waals surface area contributed by atoms with Crippen molar-refractivity contribution >= 4 is 19.7 Å². The van der Waals surface area contributed by atoms with E-state index >= 15 is 4.39 Å². The van der Waals surface area contributed by atoms with Crippen LogP contribution in [0.5, 0.6) is 5.75 Å². The summed E-state index contributed by atoms with van der Waals surface area (Å²) < 4.78 is 58.9. The van der Waals surface area contributed by atoms with Gasteiger partial charge in [-0.25, -0.2) is 13.8 Å². The fourth-order valence-electron chi connectivity index (χ4n) is 4.12. The summed E-state index contributed by atoms with van der Waals surface area (Å²) in [6, 6.07) is 6.63. The Morgan fingerprint density at radius 1 is 1.14 bits per heavy atom. The summed E-state index contributed by atoms with van der Waals surface area (Å²) in [6.07, 6.45) is -4.32. The SMILES string of the molecule is CC(C)OC(=O)[C@H](C)N[P@](=O)(OC[C@H]1O[C@@H](n2ccc(=O)[nH]c2=O)[C@](C)(F)[C@@H]1OC(=O)[C@@H](N)C(C)C)Oc1ccccc1. The van der Waals surface area contributed by atoms with Gasteiger partial charge in [0.15, 0.2) is 18.0 Å². The van der Waals surface area contributed by atoms with E-state index in [0.29, 0.717) is 0 Å². The van der Waals surface area contributed by atoms with Gasteiger partial charge in [0.1, 0.15) is 23.9 Å². The van der Waals surface area contributed by atoms with Crippen LogP contribution in [0.4, 0.5) is 4.39 Å². The summed E-state index contributed by atoms with van der Waals surface area (Å²) in [5.41, 5.74) is 1.64. The minimum Gasteiger partial charge on any atom is -0.462 e. The minimum atomic E-state index is -4.43. The van der Waals surface area contributed by atoms with Crippen molar-refractivity contribution in [2.75, 3.05) is 6.61 Å². The first-order valence-corrected chi connectivity index (χ1v) is 15.2. The molecule has 0 saturated carbocycles. The standard InChI is InChI=1S/C27H38FN4O10P/c1-15(2)21(29)24(35)41-22-19(40-25(27(22,6)28)32-13-12-20(33)30-26(32)36)14-38-43(37,42-18-10-8-7-9-11-18)31-17(5)23(34)39-16(3)4/h7-13,15-17,19,21-22,25H,14,29H2,1-6H3,(H,31,37)(H,30,33,36)/t17-,19+,21-,22+,25+,27+,43-/m0/s1. The number of aromatic amines is 1. The van der Waals surface area contributed by atoms with Crippen molar-refractivity contribution in [1.29, 1.82) is 0 Å². The lowest BCUT2D eigenvalue weighted by Gasteiger charge is -2.29. The Balaban J connectivity index is 1.94. The summed E-state index contributed by atoms with van der Waals surface area (Å²) in [6.45, 7) is 8.35. The number of H-pyrrole nitrogens is 1. The highest BCUT2D eigenvalue weighted by atomic mass is 31.2. The van der Waals surface area contributed by atoms with Crippen LogP contribution in [0.2, 0.25) is 0 Å². The maximum absolute atomic E-state index is 16.5. The Kier molecular flexibility index (Phi) is 11.1. The topological polar surface area (TPSA) is 190 Å². The molecule has 1 aliphatic rings. The third-order valence-electron chi connectivity index (χ3n) is 6.45. The Hall–Kier alpha value is -3.36. The quantitative estimate of drug-likeness (QED) is 0.217. The van der Waals surface area contributed by atoms with Gasteiger partial charge in [-0.3, -0.25) is 28.5 Å². The van der Waals surface area contributed by atoms with Gasteiger partial charge in [-0.2, -0.15) is 5.09 Å². The highest BCUT2D eigenvalue weighted by Gasteiger charge is 2.59. The van der Waals surface area contributed by atoms with Crippen LogP contribution in [0, 0.1) is 5.92 Å². The fraction of sp³-hybridized carbons (Fsp3) is 0.556. The number of nitrogens with two attached hydrogens (primary N) is 1. The molecule has 0 unspecified atom stereocenters. The lowest BCUT2D eigenvalue weighted by atomic mass is 9.97. The van der Waals surface area contributed by atoms with E-state index in [1.165, 1.54) is 19.1 Å². The van der Waals surface area contributed by atoms with Crippen molar-refractivity contribution in [3.63, 3.8) is 0 Å². The van der Waals surface area contributed by atoms with Crippen molar-refractivity contribution in [3.05, 3.63) is 63.4 Å². The number of benzene rings is 1. The van der Waals surface area contributed by atoms with Gasteiger partial charge in [-0.15, -0.1) is 0 Å². The first-order chi connectivity index (χ1) is 20.0. The predicted octanol–water partition coefficient (Wildman–Crippen LogP) is 2.19. The molecule has 2 heterocycles. The number of carbonyl (C=O) groups is 2. The molecule has 1 aromatic heterocycles. The number of nitrogens with zero attached hydrogens (tertiary/aromatic N) is 1. The van der Waals surface area contributed by atoms with Gasteiger partial charge in [-0.1, -0.05) is 32.0 Å². The second kappa shape index (κ2) is 14.0. The Morgan fingerprint density at radius 2 is 1.79 bits per heavy atom. The van der Waals surface area contributed by atoms with E-state index in [1.807, 2.05) is 4.98 Å². The molecule has 43 heavy (non-hydrogen) atoms. The van der Waals surface area contributed by atoms with Gasteiger partial charge in [0.2, 0.25) is 0 Å². The molecule has 0 aliphatic carbocycles. The van der Waals surface area contributed by atoms with E-state index in [0.717, 1.165) is 23.8 Å². The number of nitrogens with one attached hydrogen (secondary N) is 2. The molecule has 14 nitrogen and oxygen atoms in total. The highest BCUT2D eigenvalue weighted by molar-refractivity contribution is 7.52. The molecule has 0 radical (unpaired) electrons. The lowest BCUT2D eigenvalue weighted by molar-refractivity contribution is -0.161. The molecule has 2 aromatic rings. The third-order valence-corrected chi connectivity index (χ3v) is 8.10. The van der Waals surface area contributed by atoms with Crippen LogP contribution in [-0.4, -0.2) is 64.2 Å². The van der Waals surface area contributed by atoms with Crippen LogP contribution in [-0.2, 0) is 32.9 Å². The van der Waals surface area contributed by atoms with E-state index in [9.17, 15) is 23.7 Å².